The molecule has 0 N–H and O–H groups in total. The number of sulfonamides is 1. The minimum atomic E-state index is -3.63. The fourth-order valence-corrected chi connectivity index (χ4v) is 1.46. The molecule has 0 radical (unpaired) electrons. The number of non-ortho nitro benzene ring substituents is 1. The Bertz CT molecular complexity index is 549. The van der Waals surface area contributed by atoms with Gasteiger partial charge in [-0.25, -0.2) is 12.7 Å². The molecule has 7 nitrogen and oxygen atoms in total. The topological polar surface area (TPSA) is 97.6 Å². The van der Waals surface area contributed by atoms with Crippen molar-refractivity contribution in [3.63, 3.8) is 0 Å². The fraction of sp³-hybridized carbons (Fsp3) is 0.222. The van der Waals surface area contributed by atoms with Crippen molar-refractivity contribution in [2.45, 2.75) is 0 Å². The van der Waals surface area contributed by atoms with Gasteiger partial charge in [-0.15, -0.1) is 0 Å². The van der Waals surface area contributed by atoms with Crippen molar-refractivity contribution >= 4 is 21.6 Å². The molecule has 0 aromatic heterocycles. The highest BCUT2D eigenvalue weighted by molar-refractivity contribution is 7.88. The van der Waals surface area contributed by atoms with Gasteiger partial charge in [0.2, 0.25) is 10.0 Å². The summed E-state index contributed by atoms with van der Waals surface area (Å²) in [7, 11) is -2.50. The summed E-state index contributed by atoms with van der Waals surface area (Å²) in [6, 6.07) is 4.71. The molecule has 1 amide bonds. The summed E-state index contributed by atoms with van der Waals surface area (Å²) >= 11 is 0. The number of hydrogen-bond donors (Lipinski definition) is 0. The zero-order valence-electron chi connectivity index (χ0n) is 9.15. The number of carbonyl (C=O) groups is 1. The number of hydrogen-bond acceptors (Lipinski definition) is 5. The standard InChI is InChI=1S/C9H10N2O5S/c1-10(17(2,15)16)9(12)7-3-5-8(6-4-7)11(13)14/h3-6H,1-2H3. The number of benzene rings is 1. The van der Waals surface area contributed by atoms with Gasteiger partial charge < -0.3 is 0 Å². The van der Waals surface area contributed by atoms with Crippen LogP contribution in [0.15, 0.2) is 24.3 Å². The lowest BCUT2D eigenvalue weighted by atomic mass is 10.2. The number of nitro groups is 1. The molecule has 0 aliphatic carbocycles. The third-order valence-electron chi connectivity index (χ3n) is 2.11. The fourth-order valence-electron chi connectivity index (χ4n) is 1.06. The van der Waals surface area contributed by atoms with Gasteiger partial charge in [-0.2, -0.15) is 0 Å². The zero-order chi connectivity index (χ0) is 13.2. The molecule has 0 spiro atoms. The number of nitrogens with zero attached hydrogens (tertiary/aromatic N) is 2. The molecule has 0 saturated carbocycles. The van der Waals surface area contributed by atoms with E-state index < -0.39 is 20.9 Å². The summed E-state index contributed by atoms with van der Waals surface area (Å²) in [4.78, 5) is 21.4. The highest BCUT2D eigenvalue weighted by Gasteiger charge is 2.20. The van der Waals surface area contributed by atoms with E-state index in [0.29, 0.717) is 4.31 Å². The van der Waals surface area contributed by atoms with Crippen molar-refractivity contribution in [3.8, 4) is 0 Å². The van der Waals surface area contributed by atoms with E-state index in [1.807, 2.05) is 0 Å². The molecule has 1 rings (SSSR count). The monoisotopic (exact) mass is 258 g/mol. The normalized spacial score (nSPS) is 10.9. The number of carbonyl (C=O) groups excluding carboxylic acids is 1. The van der Waals surface area contributed by atoms with Gasteiger partial charge in [-0.3, -0.25) is 14.9 Å². The molecule has 17 heavy (non-hydrogen) atoms. The maximum Gasteiger partial charge on any atom is 0.269 e. The summed E-state index contributed by atoms with van der Waals surface area (Å²) in [6.07, 6.45) is 0.899. The van der Waals surface area contributed by atoms with E-state index >= 15 is 0 Å². The second kappa shape index (κ2) is 4.50. The van der Waals surface area contributed by atoms with Crippen LogP contribution in [0.3, 0.4) is 0 Å². The largest absolute Gasteiger partial charge is 0.269 e. The SMILES string of the molecule is CN(C(=O)c1ccc([N+](=O)[O-])cc1)S(C)(=O)=O. The smallest absolute Gasteiger partial charge is 0.268 e. The molecule has 0 fully saturated rings. The average Bonchev–Trinajstić information content (AvgIpc) is 2.26. The van der Waals surface area contributed by atoms with Gasteiger partial charge in [0.15, 0.2) is 0 Å². The van der Waals surface area contributed by atoms with E-state index in [1.54, 1.807) is 0 Å². The molecule has 0 aliphatic heterocycles. The van der Waals surface area contributed by atoms with Crippen LogP contribution in [0.25, 0.3) is 0 Å². The lowest BCUT2D eigenvalue weighted by Crippen LogP contribution is -2.32. The van der Waals surface area contributed by atoms with E-state index in [0.717, 1.165) is 25.4 Å². The van der Waals surface area contributed by atoms with Crippen molar-refractivity contribution in [3.05, 3.63) is 39.9 Å². The van der Waals surface area contributed by atoms with Gasteiger partial charge in [-0.1, -0.05) is 0 Å². The van der Waals surface area contributed by atoms with Gasteiger partial charge in [-0.05, 0) is 12.1 Å². The maximum atomic E-state index is 11.6. The molecule has 1 aromatic rings. The van der Waals surface area contributed by atoms with Crippen LogP contribution in [0.5, 0.6) is 0 Å². The quantitative estimate of drug-likeness (QED) is 0.585. The van der Waals surface area contributed by atoms with Crippen LogP contribution in [-0.2, 0) is 10.0 Å². The Balaban J connectivity index is 3.03. The Morgan fingerprint density at radius 3 is 2.12 bits per heavy atom. The Morgan fingerprint density at radius 2 is 1.76 bits per heavy atom. The van der Waals surface area contributed by atoms with Gasteiger partial charge in [0.05, 0.1) is 11.2 Å². The number of rotatable bonds is 3. The van der Waals surface area contributed by atoms with Crippen molar-refractivity contribution in [2.24, 2.45) is 0 Å². The molecule has 1 aromatic carbocycles. The van der Waals surface area contributed by atoms with Crippen LogP contribution >= 0.6 is 0 Å². The molecule has 0 aliphatic rings. The molecule has 8 heteroatoms. The summed E-state index contributed by atoms with van der Waals surface area (Å²) in [6.45, 7) is 0. The number of amides is 1. The first-order valence-electron chi connectivity index (χ1n) is 4.46. The Kier molecular flexibility index (Phi) is 3.47. The van der Waals surface area contributed by atoms with Crippen LogP contribution in [0.1, 0.15) is 10.4 Å². The van der Waals surface area contributed by atoms with Gasteiger partial charge >= 0.3 is 0 Å². The zero-order valence-corrected chi connectivity index (χ0v) is 9.97. The van der Waals surface area contributed by atoms with E-state index in [-0.39, 0.29) is 11.3 Å². The Hall–Kier alpha value is -1.96. The van der Waals surface area contributed by atoms with Crippen LogP contribution in [0, 0.1) is 10.1 Å². The van der Waals surface area contributed by atoms with Crippen molar-refractivity contribution in [1.82, 2.24) is 4.31 Å². The highest BCUT2D eigenvalue weighted by atomic mass is 32.2. The van der Waals surface area contributed by atoms with Crippen LogP contribution in [0.2, 0.25) is 0 Å². The first kappa shape index (κ1) is 13.1. The van der Waals surface area contributed by atoms with E-state index in [4.69, 9.17) is 0 Å². The third-order valence-corrected chi connectivity index (χ3v) is 3.27. The van der Waals surface area contributed by atoms with Crippen molar-refractivity contribution in [1.29, 1.82) is 0 Å². The van der Waals surface area contributed by atoms with E-state index in [9.17, 15) is 23.3 Å². The predicted molar refractivity (Wildman–Crippen MR) is 60.0 cm³/mol. The highest BCUT2D eigenvalue weighted by Crippen LogP contribution is 2.13. The minimum Gasteiger partial charge on any atom is -0.268 e. The van der Waals surface area contributed by atoms with E-state index in [2.05, 4.69) is 0 Å². The summed E-state index contributed by atoms with van der Waals surface area (Å²) in [5, 5.41) is 10.4. The number of nitro benzene ring substituents is 1. The minimum absolute atomic E-state index is 0.0727. The average molecular weight is 258 g/mol. The van der Waals surface area contributed by atoms with E-state index in [1.165, 1.54) is 12.1 Å². The van der Waals surface area contributed by atoms with Crippen molar-refractivity contribution < 1.29 is 18.1 Å². The van der Waals surface area contributed by atoms with Gasteiger partial charge in [0.25, 0.3) is 11.6 Å². The molecule has 0 unspecified atom stereocenters. The van der Waals surface area contributed by atoms with Crippen LogP contribution in [-0.4, -0.2) is 36.9 Å². The van der Waals surface area contributed by atoms with Crippen LogP contribution in [0.4, 0.5) is 5.69 Å². The maximum absolute atomic E-state index is 11.6. The summed E-state index contributed by atoms with van der Waals surface area (Å²) in [5.41, 5.74) is -0.0907. The lowest BCUT2D eigenvalue weighted by molar-refractivity contribution is -0.384. The molecule has 92 valence electrons. The van der Waals surface area contributed by atoms with Gasteiger partial charge in [0, 0.05) is 24.7 Å². The Labute approximate surface area is 97.9 Å². The molecular weight excluding hydrogens is 248 g/mol. The summed E-state index contributed by atoms with van der Waals surface area (Å²) in [5.74, 6) is -0.734. The predicted octanol–water partition coefficient (Wildman–Crippen LogP) is 0.626. The molecule has 0 atom stereocenters. The third kappa shape index (κ3) is 3.00. The second-order valence-electron chi connectivity index (χ2n) is 3.34. The summed E-state index contributed by atoms with van der Waals surface area (Å²) < 4.78 is 22.8. The second-order valence-corrected chi connectivity index (χ2v) is 5.35. The Morgan fingerprint density at radius 1 is 1.29 bits per heavy atom. The molecule has 0 bridgehead atoms. The molecule has 0 saturated heterocycles. The molecule has 0 heterocycles. The first-order valence-corrected chi connectivity index (χ1v) is 6.31. The van der Waals surface area contributed by atoms with Gasteiger partial charge in [0.1, 0.15) is 0 Å². The van der Waals surface area contributed by atoms with Crippen molar-refractivity contribution in [2.75, 3.05) is 13.3 Å². The lowest BCUT2D eigenvalue weighted by Gasteiger charge is -2.13. The van der Waals surface area contributed by atoms with Crippen LogP contribution < -0.4 is 0 Å². The molecular formula is C9H10N2O5S. The first-order chi connectivity index (χ1) is 7.73.